The van der Waals surface area contributed by atoms with Gasteiger partial charge in [0.1, 0.15) is 0 Å². The van der Waals surface area contributed by atoms with Gasteiger partial charge < -0.3 is 0 Å². The molecular formula is C6H13NOS6. The summed E-state index contributed by atoms with van der Waals surface area (Å²) in [4.78, 5) is 11.4. The maximum atomic E-state index is 11.4. The van der Waals surface area contributed by atoms with Crippen molar-refractivity contribution in [3.8, 4) is 0 Å². The first-order valence-corrected chi connectivity index (χ1v) is 11.2. The van der Waals surface area contributed by atoms with E-state index in [4.69, 9.17) is 0 Å². The standard InChI is InChI=1S/C6H13NOS6/c1-4-5-11-13-14-12-6(8)7(9-2)10-3/h4-5H2,1-3H3. The van der Waals surface area contributed by atoms with Crippen LogP contribution in [0.25, 0.3) is 0 Å². The maximum Gasteiger partial charge on any atom is 0.313 e. The molecule has 1 amide bonds. The Hall–Kier alpha value is 1.57. The van der Waals surface area contributed by atoms with Crippen LogP contribution in [0.1, 0.15) is 13.3 Å². The van der Waals surface area contributed by atoms with Crippen LogP contribution in [-0.2, 0) is 0 Å². The molecule has 0 aliphatic heterocycles. The van der Waals surface area contributed by atoms with Crippen molar-refractivity contribution in [2.24, 2.45) is 0 Å². The van der Waals surface area contributed by atoms with Crippen molar-refractivity contribution < 1.29 is 4.79 Å². The van der Waals surface area contributed by atoms with Crippen LogP contribution in [0.15, 0.2) is 0 Å². The topological polar surface area (TPSA) is 20.3 Å². The minimum atomic E-state index is 0.0969. The second kappa shape index (κ2) is 11.1. The predicted molar refractivity (Wildman–Crippen MR) is 79.8 cm³/mol. The Morgan fingerprint density at radius 1 is 1.21 bits per heavy atom. The highest BCUT2D eigenvalue weighted by atomic mass is 33.7. The van der Waals surface area contributed by atoms with Crippen molar-refractivity contribution in [1.29, 1.82) is 0 Å². The molecule has 0 aromatic rings. The smallest absolute Gasteiger partial charge is 0.259 e. The molecule has 0 aromatic heterocycles. The molecule has 0 radical (unpaired) electrons. The molecule has 0 bridgehead atoms. The highest BCUT2D eigenvalue weighted by molar-refractivity contribution is 9.27. The highest BCUT2D eigenvalue weighted by Gasteiger charge is 2.12. The van der Waals surface area contributed by atoms with Crippen LogP contribution in [0.5, 0.6) is 0 Å². The zero-order chi connectivity index (χ0) is 10.8. The number of carbonyl (C=O) groups is 1. The van der Waals surface area contributed by atoms with Gasteiger partial charge in [-0.3, -0.25) is 4.79 Å². The van der Waals surface area contributed by atoms with E-state index < -0.39 is 0 Å². The van der Waals surface area contributed by atoms with Crippen LogP contribution in [0.4, 0.5) is 4.79 Å². The van der Waals surface area contributed by atoms with Gasteiger partial charge in [0.2, 0.25) is 0 Å². The van der Waals surface area contributed by atoms with E-state index in [0.717, 1.165) is 5.75 Å². The summed E-state index contributed by atoms with van der Waals surface area (Å²) in [5.74, 6) is 1.14. The molecule has 0 fully saturated rings. The first-order chi connectivity index (χ1) is 6.76. The molecule has 0 heterocycles. The number of carbonyl (C=O) groups excluding carboxylic acids is 1. The van der Waals surface area contributed by atoms with E-state index in [-0.39, 0.29) is 5.24 Å². The van der Waals surface area contributed by atoms with Crippen LogP contribution in [-0.4, -0.2) is 27.2 Å². The monoisotopic (exact) mass is 307 g/mol. The van der Waals surface area contributed by atoms with Gasteiger partial charge in [0.05, 0.1) is 0 Å². The van der Waals surface area contributed by atoms with Gasteiger partial charge in [-0.1, -0.05) is 17.7 Å². The maximum absolute atomic E-state index is 11.4. The summed E-state index contributed by atoms with van der Waals surface area (Å²) < 4.78 is 1.67. The Morgan fingerprint density at radius 2 is 1.86 bits per heavy atom. The molecule has 0 aliphatic carbocycles. The number of hydrogen-bond acceptors (Lipinski definition) is 7. The average molecular weight is 308 g/mol. The van der Waals surface area contributed by atoms with Crippen LogP contribution in [0.2, 0.25) is 0 Å². The van der Waals surface area contributed by atoms with E-state index >= 15 is 0 Å². The lowest BCUT2D eigenvalue weighted by molar-refractivity contribution is 0.259. The lowest BCUT2D eigenvalue weighted by atomic mass is 10.6. The van der Waals surface area contributed by atoms with Crippen LogP contribution in [0, 0.1) is 0 Å². The lowest BCUT2D eigenvalue weighted by Crippen LogP contribution is -2.08. The first kappa shape index (κ1) is 15.6. The third-order valence-electron chi connectivity index (χ3n) is 0.949. The first-order valence-electron chi connectivity index (χ1n) is 3.81. The van der Waals surface area contributed by atoms with E-state index in [1.165, 1.54) is 50.9 Å². The zero-order valence-corrected chi connectivity index (χ0v) is 13.1. The largest absolute Gasteiger partial charge is 0.313 e. The molecule has 0 saturated heterocycles. The molecule has 0 spiro atoms. The summed E-state index contributed by atoms with van der Waals surface area (Å²) in [6.45, 7) is 2.15. The summed E-state index contributed by atoms with van der Waals surface area (Å²) in [5, 5.41) is 0.0969. The van der Waals surface area contributed by atoms with Gasteiger partial charge in [0.25, 0.3) is 0 Å². The van der Waals surface area contributed by atoms with Crippen molar-refractivity contribution in [3.05, 3.63) is 0 Å². The average Bonchev–Trinajstić information content (AvgIpc) is 2.19. The van der Waals surface area contributed by atoms with Gasteiger partial charge in [-0.2, -0.15) is 0 Å². The van der Waals surface area contributed by atoms with E-state index in [0.29, 0.717) is 0 Å². The Balaban J connectivity index is 3.43. The van der Waals surface area contributed by atoms with Crippen molar-refractivity contribution >= 4 is 70.4 Å². The van der Waals surface area contributed by atoms with Crippen molar-refractivity contribution in [2.75, 3.05) is 18.3 Å². The van der Waals surface area contributed by atoms with E-state index in [1.54, 1.807) is 24.3 Å². The fraction of sp³-hybridized carbons (Fsp3) is 0.833. The molecule has 0 aromatic carbocycles. The molecule has 0 rings (SSSR count). The van der Waals surface area contributed by atoms with E-state index in [1.807, 2.05) is 12.5 Å². The number of amides is 1. The quantitative estimate of drug-likeness (QED) is 0.368. The molecule has 0 unspecified atom stereocenters. The van der Waals surface area contributed by atoms with Gasteiger partial charge in [0, 0.05) is 29.1 Å². The Morgan fingerprint density at radius 3 is 2.36 bits per heavy atom. The van der Waals surface area contributed by atoms with Crippen molar-refractivity contribution in [2.45, 2.75) is 13.3 Å². The number of hydrogen-bond donors (Lipinski definition) is 0. The van der Waals surface area contributed by atoms with Gasteiger partial charge in [0.15, 0.2) is 0 Å². The molecule has 2 nitrogen and oxygen atoms in total. The summed E-state index contributed by atoms with van der Waals surface area (Å²) in [7, 11) is 6.30. The molecule has 14 heavy (non-hydrogen) atoms. The molecule has 0 saturated carbocycles. The SMILES string of the molecule is CCCSSSSC(=O)N(SC)SC. The van der Waals surface area contributed by atoms with Gasteiger partial charge in [-0.05, 0) is 50.0 Å². The van der Waals surface area contributed by atoms with E-state index in [9.17, 15) is 4.79 Å². The molecule has 0 atom stereocenters. The molecular weight excluding hydrogens is 294 g/mol. The predicted octanol–water partition coefficient (Wildman–Crippen LogP) is 5.05. The summed E-state index contributed by atoms with van der Waals surface area (Å²) >= 11 is 2.89. The molecule has 8 heteroatoms. The summed E-state index contributed by atoms with van der Waals surface area (Å²) in [5.41, 5.74) is 0. The Kier molecular flexibility index (Phi) is 12.3. The molecule has 0 aliphatic rings. The highest BCUT2D eigenvalue weighted by Crippen LogP contribution is 2.45. The number of rotatable bonds is 7. The van der Waals surface area contributed by atoms with Crippen LogP contribution >= 0.6 is 65.1 Å². The van der Waals surface area contributed by atoms with Crippen molar-refractivity contribution in [1.82, 2.24) is 3.71 Å². The normalized spacial score (nSPS) is 10.2. The third-order valence-corrected chi connectivity index (χ3v) is 9.26. The zero-order valence-electron chi connectivity index (χ0n) is 8.22. The lowest BCUT2D eigenvalue weighted by Gasteiger charge is -2.13. The second-order valence-corrected chi connectivity index (χ2v) is 9.53. The number of nitrogens with zero attached hydrogens (tertiary/aromatic N) is 1. The molecule has 84 valence electrons. The Bertz CT molecular complexity index is 153. The second-order valence-electron chi connectivity index (χ2n) is 1.93. The van der Waals surface area contributed by atoms with Gasteiger partial charge in [-0.15, -0.1) is 0 Å². The Labute approximate surface area is 110 Å². The third kappa shape index (κ3) is 7.81. The fourth-order valence-electron chi connectivity index (χ4n) is 0.434. The van der Waals surface area contributed by atoms with E-state index in [2.05, 4.69) is 6.92 Å². The van der Waals surface area contributed by atoms with Gasteiger partial charge >= 0.3 is 5.24 Å². The minimum Gasteiger partial charge on any atom is -0.259 e. The van der Waals surface area contributed by atoms with Crippen molar-refractivity contribution in [3.63, 3.8) is 0 Å². The summed E-state index contributed by atoms with van der Waals surface area (Å²) in [6, 6.07) is 0. The minimum absolute atomic E-state index is 0.0969. The van der Waals surface area contributed by atoms with Crippen LogP contribution < -0.4 is 0 Å². The molecule has 0 N–H and O–H groups in total. The van der Waals surface area contributed by atoms with Crippen LogP contribution in [0.3, 0.4) is 0 Å². The van der Waals surface area contributed by atoms with Gasteiger partial charge in [-0.25, -0.2) is 3.71 Å². The summed E-state index contributed by atoms with van der Waals surface area (Å²) in [6.07, 6.45) is 4.98. The fourth-order valence-corrected chi connectivity index (χ4v) is 7.56.